The molecule has 3 rings (SSSR count). The molecular formula is C19H19N3O4S. The molecule has 0 unspecified atom stereocenters. The summed E-state index contributed by atoms with van der Waals surface area (Å²) in [5.74, 6) is -0.644. The number of fused-ring (bicyclic) bond motifs is 1. The summed E-state index contributed by atoms with van der Waals surface area (Å²) < 4.78 is 6.70. The number of amides is 2. The second-order valence-electron chi connectivity index (χ2n) is 5.91. The van der Waals surface area contributed by atoms with Crippen molar-refractivity contribution in [1.29, 1.82) is 0 Å². The maximum atomic E-state index is 12.6. The van der Waals surface area contributed by atoms with Crippen molar-refractivity contribution >= 4 is 33.2 Å². The fourth-order valence-electron chi connectivity index (χ4n) is 2.65. The average Bonchev–Trinajstić information content (AvgIpc) is 3.00. The van der Waals surface area contributed by atoms with Crippen LogP contribution in [0.25, 0.3) is 10.1 Å². The minimum atomic E-state index is -1.13. The Morgan fingerprint density at radius 2 is 2.15 bits per heavy atom. The fraction of sp³-hybridized carbons (Fsp3) is 0.211. The lowest BCUT2D eigenvalue weighted by Gasteiger charge is -2.13. The van der Waals surface area contributed by atoms with E-state index in [0.717, 1.165) is 20.7 Å². The highest BCUT2D eigenvalue weighted by molar-refractivity contribution is 7.19. The zero-order chi connectivity index (χ0) is 19.4. The van der Waals surface area contributed by atoms with Crippen LogP contribution in [0.15, 0.2) is 42.6 Å². The van der Waals surface area contributed by atoms with Crippen LogP contribution in [0, 0.1) is 6.92 Å². The van der Waals surface area contributed by atoms with Gasteiger partial charge in [-0.15, -0.1) is 11.3 Å². The summed E-state index contributed by atoms with van der Waals surface area (Å²) in [6.45, 7) is 1.58. The molecule has 0 aliphatic rings. The van der Waals surface area contributed by atoms with Crippen LogP contribution in [0.4, 0.5) is 0 Å². The molecule has 0 bridgehead atoms. The fourth-order valence-corrected chi connectivity index (χ4v) is 3.69. The number of nitrogens with two attached hydrogens (primary N) is 1. The second-order valence-corrected chi connectivity index (χ2v) is 7.17. The first-order valence-electron chi connectivity index (χ1n) is 8.26. The molecule has 2 aromatic heterocycles. The largest absolute Gasteiger partial charge is 0.487 e. The van der Waals surface area contributed by atoms with E-state index >= 15 is 0 Å². The Kier molecular flexibility index (Phi) is 5.68. The van der Waals surface area contributed by atoms with Gasteiger partial charge in [0, 0.05) is 21.2 Å². The van der Waals surface area contributed by atoms with E-state index in [1.54, 1.807) is 12.3 Å². The Morgan fingerprint density at radius 3 is 2.81 bits per heavy atom. The van der Waals surface area contributed by atoms with Crippen LogP contribution in [0.5, 0.6) is 5.75 Å². The van der Waals surface area contributed by atoms with Crippen molar-refractivity contribution < 1.29 is 19.4 Å². The molecule has 0 radical (unpaired) electrons. The van der Waals surface area contributed by atoms with Crippen molar-refractivity contribution in [3.05, 3.63) is 58.7 Å². The van der Waals surface area contributed by atoms with E-state index in [1.165, 1.54) is 11.3 Å². The van der Waals surface area contributed by atoms with Gasteiger partial charge in [0.25, 0.3) is 5.91 Å². The number of aliphatic hydroxyl groups is 1. The van der Waals surface area contributed by atoms with Crippen molar-refractivity contribution in [2.75, 3.05) is 6.61 Å². The van der Waals surface area contributed by atoms with Gasteiger partial charge in [0.15, 0.2) is 0 Å². The van der Waals surface area contributed by atoms with Gasteiger partial charge in [-0.25, -0.2) is 0 Å². The number of benzene rings is 1. The Balaban J connectivity index is 1.86. The molecule has 1 atom stereocenters. The number of rotatable bonds is 7. The predicted octanol–water partition coefficient (Wildman–Crippen LogP) is 1.76. The molecule has 2 heterocycles. The van der Waals surface area contributed by atoms with E-state index < -0.39 is 24.5 Å². The van der Waals surface area contributed by atoms with E-state index in [4.69, 9.17) is 10.5 Å². The SMILES string of the molecule is Cc1sc2ccc(OCc3ccccn3)cc2c1C(=O)N[C@H](CO)C(N)=O. The van der Waals surface area contributed by atoms with Gasteiger partial charge in [-0.05, 0) is 37.3 Å². The molecule has 0 spiro atoms. The van der Waals surface area contributed by atoms with Crippen LogP contribution >= 0.6 is 11.3 Å². The van der Waals surface area contributed by atoms with Gasteiger partial charge in [-0.2, -0.15) is 0 Å². The third kappa shape index (κ3) is 4.24. The topological polar surface area (TPSA) is 115 Å². The molecule has 8 heteroatoms. The summed E-state index contributed by atoms with van der Waals surface area (Å²) in [5, 5.41) is 12.4. The lowest BCUT2D eigenvalue weighted by Crippen LogP contribution is -2.46. The van der Waals surface area contributed by atoms with E-state index in [2.05, 4.69) is 10.3 Å². The highest BCUT2D eigenvalue weighted by atomic mass is 32.1. The van der Waals surface area contributed by atoms with E-state index in [9.17, 15) is 14.7 Å². The van der Waals surface area contributed by atoms with Crippen LogP contribution in [0.1, 0.15) is 20.9 Å². The summed E-state index contributed by atoms with van der Waals surface area (Å²) in [7, 11) is 0. The molecule has 140 valence electrons. The number of carbonyl (C=O) groups is 2. The third-order valence-corrected chi connectivity index (χ3v) is 5.09. The number of hydrogen-bond acceptors (Lipinski definition) is 6. The molecule has 7 nitrogen and oxygen atoms in total. The Labute approximate surface area is 159 Å². The first-order valence-corrected chi connectivity index (χ1v) is 9.08. The van der Waals surface area contributed by atoms with E-state index in [-0.39, 0.29) is 0 Å². The van der Waals surface area contributed by atoms with Crippen LogP contribution in [-0.4, -0.2) is 34.6 Å². The Hall–Kier alpha value is -2.97. The molecule has 0 aliphatic carbocycles. The molecule has 0 fully saturated rings. The zero-order valence-electron chi connectivity index (χ0n) is 14.6. The molecule has 3 aromatic rings. The Bertz CT molecular complexity index is 972. The van der Waals surface area contributed by atoms with Gasteiger partial charge in [0.05, 0.1) is 17.9 Å². The van der Waals surface area contributed by atoms with Crippen LogP contribution in [0.2, 0.25) is 0 Å². The number of nitrogens with zero attached hydrogens (tertiary/aromatic N) is 1. The summed E-state index contributed by atoms with van der Waals surface area (Å²) in [6, 6.07) is 9.96. The number of carbonyl (C=O) groups excluding carboxylic acids is 2. The van der Waals surface area contributed by atoms with Gasteiger partial charge < -0.3 is 20.9 Å². The number of nitrogens with one attached hydrogen (secondary N) is 1. The van der Waals surface area contributed by atoms with Crippen molar-refractivity contribution in [3.63, 3.8) is 0 Å². The summed E-state index contributed by atoms with van der Waals surface area (Å²) in [5.41, 5.74) is 6.42. The minimum absolute atomic E-state index is 0.311. The maximum Gasteiger partial charge on any atom is 0.253 e. The predicted molar refractivity (Wildman–Crippen MR) is 103 cm³/mol. The van der Waals surface area contributed by atoms with Gasteiger partial charge in [-0.1, -0.05) is 6.07 Å². The molecule has 0 saturated heterocycles. The van der Waals surface area contributed by atoms with E-state index in [1.807, 2.05) is 37.3 Å². The number of ether oxygens (including phenoxy) is 1. The lowest BCUT2D eigenvalue weighted by molar-refractivity contribution is -0.120. The van der Waals surface area contributed by atoms with Gasteiger partial charge in [-0.3, -0.25) is 14.6 Å². The molecule has 4 N–H and O–H groups in total. The van der Waals surface area contributed by atoms with Gasteiger partial charge in [0.1, 0.15) is 18.4 Å². The van der Waals surface area contributed by atoms with Crippen molar-refractivity contribution in [3.8, 4) is 5.75 Å². The van der Waals surface area contributed by atoms with Gasteiger partial charge >= 0.3 is 0 Å². The molecule has 2 amide bonds. The Morgan fingerprint density at radius 1 is 1.33 bits per heavy atom. The molecular weight excluding hydrogens is 366 g/mol. The number of thiophene rings is 1. The molecule has 0 saturated carbocycles. The highest BCUT2D eigenvalue weighted by Gasteiger charge is 2.22. The summed E-state index contributed by atoms with van der Waals surface area (Å²) >= 11 is 1.47. The number of primary amides is 1. The zero-order valence-corrected chi connectivity index (χ0v) is 15.5. The van der Waals surface area contributed by atoms with Crippen molar-refractivity contribution in [1.82, 2.24) is 10.3 Å². The first kappa shape index (κ1) is 18.8. The quantitative estimate of drug-likeness (QED) is 0.573. The normalized spacial score (nSPS) is 11.9. The van der Waals surface area contributed by atoms with Crippen molar-refractivity contribution in [2.45, 2.75) is 19.6 Å². The molecule has 1 aromatic carbocycles. The number of pyridine rings is 1. The first-order chi connectivity index (χ1) is 13.0. The summed E-state index contributed by atoms with van der Waals surface area (Å²) in [6.07, 6.45) is 1.70. The second kappa shape index (κ2) is 8.15. The van der Waals surface area contributed by atoms with E-state index in [0.29, 0.717) is 17.9 Å². The van der Waals surface area contributed by atoms with Crippen LogP contribution in [0.3, 0.4) is 0 Å². The third-order valence-electron chi connectivity index (χ3n) is 4.01. The standard InChI is InChI=1S/C19H19N3O4S/c1-11-17(19(25)22-15(9-23)18(20)24)14-8-13(5-6-16(14)27-11)26-10-12-4-2-3-7-21-12/h2-8,15,23H,9-10H2,1H3,(H2,20,24)(H,22,25)/t15-/m1/s1. The maximum absolute atomic E-state index is 12.6. The number of aromatic nitrogens is 1. The van der Waals surface area contributed by atoms with Crippen LogP contribution in [-0.2, 0) is 11.4 Å². The smallest absolute Gasteiger partial charge is 0.253 e. The molecule has 0 aliphatic heterocycles. The monoisotopic (exact) mass is 385 g/mol. The minimum Gasteiger partial charge on any atom is -0.487 e. The molecule has 27 heavy (non-hydrogen) atoms. The lowest BCUT2D eigenvalue weighted by atomic mass is 10.1. The number of aliphatic hydroxyl groups excluding tert-OH is 1. The average molecular weight is 385 g/mol. The van der Waals surface area contributed by atoms with Crippen LogP contribution < -0.4 is 15.8 Å². The number of hydrogen-bond donors (Lipinski definition) is 3. The van der Waals surface area contributed by atoms with Crippen molar-refractivity contribution in [2.24, 2.45) is 5.73 Å². The van der Waals surface area contributed by atoms with Gasteiger partial charge in [0.2, 0.25) is 5.91 Å². The highest BCUT2D eigenvalue weighted by Crippen LogP contribution is 2.33. The number of aryl methyl sites for hydroxylation is 1. The summed E-state index contributed by atoms with van der Waals surface area (Å²) in [4.78, 5) is 28.9.